The minimum atomic E-state index is -4.01. The SMILES string of the molecule is CC(C)OCCCC1(C(F)(F)F)CC1. The fourth-order valence-corrected chi connectivity index (χ4v) is 1.56. The van der Waals surface area contributed by atoms with Crippen LogP contribution in [0.3, 0.4) is 0 Å². The topological polar surface area (TPSA) is 9.23 Å². The summed E-state index contributed by atoms with van der Waals surface area (Å²) in [7, 11) is 0. The van der Waals surface area contributed by atoms with Gasteiger partial charge in [-0.3, -0.25) is 0 Å². The first-order valence-corrected chi connectivity index (χ1v) is 5.06. The smallest absolute Gasteiger partial charge is 0.379 e. The number of hydrogen-bond acceptors (Lipinski definition) is 1. The fraction of sp³-hybridized carbons (Fsp3) is 1.00. The third-order valence-electron chi connectivity index (χ3n) is 2.71. The van der Waals surface area contributed by atoms with Crippen LogP contribution in [0.15, 0.2) is 0 Å². The number of ether oxygens (including phenoxy) is 1. The molecule has 0 aromatic carbocycles. The Hall–Kier alpha value is -0.250. The quantitative estimate of drug-likeness (QED) is 0.631. The van der Waals surface area contributed by atoms with Crippen molar-refractivity contribution < 1.29 is 17.9 Å². The standard InChI is InChI=1S/C10H17F3O/c1-8(2)14-7-3-4-9(5-6-9)10(11,12)13/h8H,3-7H2,1-2H3. The number of halogens is 3. The van der Waals surface area contributed by atoms with E-state index >= 15 is 0 Å². The zero-order valence-corrected chi connectivity index (χ0v) is 8.66. The molecule has 1 fully saturated rings. The first-order valence-electron chi connectivity index (χ1n) is 5.06. The van der Waals surface area contributed by atoms with Crippen molar-refractivity contribution in [3.05, 3.63) is 0 Å². The molecule has 1 aliphatic carbocycles. The monoisotopic (exact) mass is 210 g/mol. The minimum Gasteiger partial charge on any atom is -0.379 e. The molecule has 0 amide bonds. The van der Waals surface area contributed by atoms with Gasteiger partial charge in [0.2, 0.25) is 0 Å². The molecule has 84 valence electrons. The molecule has 0 bridgehead atoms. The Morgan fingerprint density at radius 3 is 2.21 bits per heavy atom. The molecule has 1 rings (SSSR count). The maximum atomic E-state index is 12.4. The van der Waals surface area contributed by atoms with Crippen molar-refractivity contribution in [2.75, 3.05) is 6.61 Å². The van der Waals surface area contributed by atoms with Gasteiger partial charge in [-0.2, -0.15) is 13.2 Å². The number of rotatable bonds is 5. The molecule has 0 heterocycles. The molecule has 0 aromatic heterocycles. The van der Waals surface area contributed by atoms with E-state index in [-0.39, 0.29) is 12.5 Å². The van der Waals surface area contributed by atoms with Gasteiger partial charge in [0.1, 0.15) is 0 Å². The third-order valence-corrected chi connectivity index (χ3v) is 2.71. The summed E-state index contributed by atoms with van der Waals surface area (Å²) >= 11 is 0. The molecule has 1 aliphatic rings. The van der Waals surface area contributed by atoms with E-state index in [1.165, 1.54) is 0 Å². The van der Waals surface area contributed by atoms with Crippen LogP contribution in [0.5, 0.6) is 0 Å². The molecule has 0 saturated heterocycles. The molecule has 1 saturated carbocycles. The summed E-state index contributed by atoms with van der Waals surface area (Å²) in [5, 5.41) is 0. The molecule has 4 heteroatoms. The highest BCUT2D eigenvalue weighted by Gasteiger charge is 2.62. The second kappa shape index (κ2) is 4.09. The van der Waals surface area contributed by atoms with Crippen LogP contribution in [-0.4, -0.2) is 18.9 Å². The molecular weight excluding hydrogens is 193 g/mol. The van der Waals surface area contributed by atoms with E-state index in [1.807, 2.05) is 13.8 Å². The van der Waals surface area contributed by atoms with Crippen molar-refractivity contribution in [1.82, 2.24) is 0 Å². The van der Waals surface area contributed by atoms with Crippen molar-refractivity contribution >= 4 is 0 Å². The predicted molar refractivity (Wildman–Crippen MR) is 48.0 cm³/mol. The van der Waals surface area contributed by atoms with E-state index in [0.29, 0.717) is 25.9 Å². The van der Waals surface area contributed by atoms with Gasteiger partial charge in [0.15, 0.2) is 0 Å². The number of alkyl halides is 3. The molecule has 1 nitrogen and oxygen atoms in total. The summed E-state index contributed by atoms with van der Waals surface area (Å²) < 4.78 is 42.5. The first kappa shape index (κ1) is 11.8. The summed E-state index contributed by atoms with van der Waals surface area (Å²) in [6.07, 6.45) is -2.56. The lowest BCUT2D eigenvalue weighted by Crippen LogP contribution is -2.24. The van der Waals surface area contributed by atoms with Gasteiger partial charge >= 0.3 is 6.18 Å². The largest absolute Gasteiger partial charge is 0.394 e. The van der Waals surface area contributed by atoms with Crippen LogP contribution in [0.1, 0.15) is 39.5 Å². The van der Waals surface area contributed by atoms with Crippen molar-refractivity contribution in [3.63, 3.8) is 0 Å². The van der Waals surface area contributed by atoms with Crippen molar-refractivity contribution in [3.8, 4) is 0 Å². The minimum absolute atomic E-state index is 0.107. The second-order valence-corrected chi connectivity index (χ2v) is 4.30. The first-order chi connectivity index (χ1) is 6.37. The second-order valence-electron chi connectivity index (χ2n) is 4.30. The normalized spacial score (nSPS) is 20.1. The molecule has 0 aromatic rings. The van der Waals surface area contributed by atoms with Crippen molar-refractivity contribution in [2.45, 2.75) is 51.8 Å². The van der Waals surface area contributed by atoms with Crippen molar-refractivity contribution in [1.29, 1.82) is 0 Å². The van der Waals surface area contributed by atoms with Gasteiger partial charge in [-0.05, 0) is 39.5 Å². The van der Waals surface area contributed by atoms with Crippen LogP contribution < -0.4 is 0 Å². The Morgan fingerprint density at radius 1 is 1.29 bits per heavy atom. The highest BCUT2D eigenvalue weighted by atomic mass is 19.4. The van der Waals surface area contributed by atoms with Crippen LogP contribution in [0.4, 0.5) is 13.2 Å². The highest BCUT2D eigenvalue weighted by Crippen LogP contribution is 2.60. The lowest BCUT2D eigenvalue weighted by Gasteiger charge is -2.19. The maximum Gasteiger partial charge on any atom is 0.394 e. The Labute approximate surface area is 82.6 Å². The van der Waals surface area contributed by atoms with Crippen LogP contribution in [0.25, 0.3) is 0 Å². The Kier molecular flexibility index (Phi) is 3.45. The summed E-state index contributed by atoms with van der Waals surface area (Å²) in [5.74, 6) is 0. The molecule has 0 aliphatic heterocycles. The van der Waals surface area contributed by atoms with Crippen molar-refractivity contribution in [2.24, 2.45) is 5.41 Å². The number of hydrogen-bond donors (Lipinski definition) is 0. The summed E-state index contributed by atoms with van der Waals surface area (Å²) in [6, 6.07) is 0. The van der Waals surface area contributed by atoms with E-state index in [1.54, 1.807) is 0 Å². The third kappa shape index (κ3) is 2.87. The summed E-state index contributed by atoms with van der Waals surface area (Å²) in [4.78, 5) is 0. The van der Waals surface area contributed by atoms with E-state index < -0.39 is 11.6 Å². The predicted octanol–water partition coefficient (Wildman–Crippen LogP) is 3.53. The fourth-order valence-electron chi connectivity index (χ4n) is 1.56. The molecule has 0 N–H and O–H groups in total. The van der Waals surface area contributed by atoms with Crippen LogP contribution in [0, 0.1) is 5.41 Å². The van der Waals surface area contributed by atoms with E-state index in [4.69, 9.17) is 4.74 Å². The van der Waals surface area contributed by atoms with Gasteiger partial charge in [0.25, 0.3) is 0 Å². The average molecular weight is 210 g/mol. The maximum absolute atomic E-state index is 12.4. The highest BCUT2D eigenvalue weighted by molar-refractivity contribution is 4.98. The van der Waals surface area contributed by atoms with Crippen LogP contribution in [0.2, 0.25) is 0 Å². The molecule has 0 spiro atoms. The summed E-state index contributed by atoms with van der Waals surface area (Å²) in [6.45, 7) is 4.21. The average Bonchev–Trinajstić information content (AvgIpc) is 2.77. The van der Waals surface area contributed by atoms with Gasteiger partial charge < -0.3 is 4.74 Å². The van der Waals surface area contributed by atoms with Gasteiger partial charge in [0.05, 0.1) is 11.5 Å². The van der Waals surface area contributed by atoms with Crippen LogP contribution in [-0.2, 0) is 4.74 Å². The Morgan fingerprint density at radius 2 is 1.86 bits per heavy atom. The van der Waals surface area contributed by atoms with E-state index in [9.17, 15) is 13.2 Å². The van der Waals surface area contributed by atoms with Gasteiger partial charge in [0, 0.05) is 6.61 Å². The van der Waals surface area contributed by atoms with Gasteiger partial charge in [-0.25, -0.2) is 0 Å². The lowest BCUT2D eigenvalue weighted by atomic mass is 10.00. The van der Waals surface area contributed by atoms with E-state index in [2.05, 4.69) is 0 Å². The van der Waals surface area contributed by atoms with Gasteiger partial charge in [-0.1, -0.05) is 0 Å². The molecule has 0 atom stereocenters. The van der Waals surface area contributed by atoms with E-state index in [0.717, 1.165) is 0 Å². The molecule has 14 heavy (non-hydrogen) atoms. The van der Waals surface area contributed by atoms with Crippen LogP contribution >= 0.6 is 0 Å². The zero-order chi connectivity index (χ0) is 10.8. The molecule has 0 unspecified atom stereocenters. The molecular formula is C10H17F3O. The lowest BCUT2D eigenvalue weighted by molar-refractivity contribution is -0.189. The summed E-state index contributed by atoms with van der Waals surface area (Å²) in [5.41, 5.74) is -1.35. The zero-order valence-electron chi connectivity index (χ0n) is 8.66. The van der Waals surface area contributed by atoms with Gasteiger partial charge in [-0.15, -0.1) is 0 Å². The molecule has 0 radical (unpaired) electrons. The Balaban J connectivity index is 2.19. The Bertz CT molecular complexity index is 182.